The van der Waals surface area contributed by atoms with Crippen LogP contribution in [0.25, 0.3) is 0 Å². The molecule has 0 saturated carbocycles. The van der Waals surface area contributed by atoms with Crippen molar-refractivity contribution in [2.45, 2.75) is 16.2 Å². The molecule has 0 saturated heterocycles. The van der Waals surface area contributed by atoms with E-state index >= 15 is 0 Å². The van der Waals surface area contributed by atoms with Crippen molar-refractivity contribution in [2.24, 2.45) is 0 Å². The van der Waals surface area contributed by atoms with E-state index in [1.807, 2.05) is 5.38 Å². The van der Waals surface area contributed by atoms with Gasteiger partial charge in [-0.2, -0.15) is 0 Å². The van der Waals surface area contributed by atoms with Crippen LogP contribution < -0.4 is 0 Å². The van der Waals surface area contributed by atoms with Gasteiger partial charge in [0.2, 0.25) is 0 Å². The summed E-state index contributed by atoms with van der Waals surface area (Å²) in [5, 5.41) is 12.6. The molecule has 0 atom stereocenters. The Morgan fingerprint density at radius 1 is 1.50 bits per heavy atom. The van der Waals surface area contributed by atoms with Gasteiger partial charge in [-0.1, -0.05) is 11.8 Å². The summed E-state index contributed by atoms with van der Waals surface area (Å²) in [4.78, 5) is 26.5. The lowest BCUT2D eigenvalue weighted by atomic mass is 10.1. The molecule has 0 aliphatic rings. The Morgan fingerprint density at radius 3 is 2.83 bits per heavy atom. The third-order valence-corrected chi connectivity index (χ3v) is 4.03. The molecule has 0 aliphatic carbocycles. The van der Waals surface area contributed by atoms with Crippen molar-refractivity contribution in [3.8, 4) is 0 Å². The maximum atomic E-state index is 11.4. The van der Waals surface area contributed by atoms with Crippen molar-refractivity contribution in [1.29, 1.82) is 0 Å². The molecule has 1 heterocycles. The van der Waals surface area contributed by atoms with Crippen molar-refractivity contribution >= 4 is 34.6 Å². The number of nitro groups is 1. The van der Waals surface area contributed by atoms with E-state index in [0.717, 1.165) is 9.24 Å². The zero-order valence-corrected chi connectivity index (χ0v) is 11.0. The first-order chi connectivity index (χ1) is 8.58. The molecular weight excluding hydrogens is 272 g/mol. The molecule has 0 bridgehead atoms. The number of carbonyl (C=O) groups excluding carboxylic acids is 1. The van der Waals surface area contributed by atoms with Gasteiger partial charge in [0.15, 0.2) is 10.1 Å². The molecule has 0 radical (unpaired) electrons. The lowest BCUT2D eigenvalue weighted by molar-refractivity contribution is -0.385. The molecule has 5 nitrogen and oxygen atoms in total. The van der Waals surface area contributed by atoms with E-state index in [9.17, 15) is 14.9 Å². The zero-order chi connectivity index (χ0) is 13.1. The second-order valence-corrected chi connectivity index (χ2v) is 5.61. The highest BCUT2D eigenvalue weighted by Gasteiger charge is 2.18. The highest BCUT2D eigenvalue weighted by atomic mass is 32.2. The van der Waals surface area contributed by atoms with Crippen LogP contribution in [-0.2, 0) is 0 Å². The number of ketones is 1. The number of hydrogen-bond donors (Lipinski definition) is 0. The molecule has 1 aromatic heterocycles. The van der Waals surface area contributed by atoms with Gasteiger partial charge in [-0.15, -0.1) is 11.3 Å². The first kappa shape index (κ1) is 12.7. The summed E-state index contributed by atoms with van der Waals surface area (Å²) in [6, 6.07) is 4.51. The van der Waals surface area contributed by atoms with Gasteiger partial charge in [0.1, 0.15) is 0 Å². The number of nitrogens with zero attached hydrogens (tertiary/aromatic N) is 2. The number of thiazole rings is 1. The zero-order valence-electron chi connectivity index (χ0n) is 9.32. The Hall–Kier alpha value is -1.73. The van der Waals surface area contributed by atoms with Crippen LogP contribution in [0.4, 0.5) is 5.69 Å². The van der Waals surface area contributed by atoms with Gasteiger partial charge in [0.25, 0.3) is 5.69 Å². The number of rotatable bonds is 4. The third kappa shape index (κ3) is 2.74. The molecule has 0 aliphatic heterocycles. The largest absolute Gasteiger partial charge is 0.294 e. The number of benzene rings is 1. The lowest BCUT2D eigenvalue weighted by Crippen LogP contribution is -2.00. The average Bonchev–Trinajstić information content (AvgIpc) is 2.81. The summed E-state index contributed by atoms with van der Waals surface area (Å²) < 4.78 is 0.832. The highest BCUT2D eigenvalue weighted by Crippen LogP contribution is 2.32. The van der Waals surface area contributed by atoms with Crippen molar-refractivity contribution in [3.05, 3.63) is 45.5 Å². The monoisotopic (exact) mass is 280 g/mol. The van der Waals surface area contributed by atoms with Crippen LogP contribution >= 0.6 is 23.1 Å². The molecule has 0 spiro atoms. The maximum absolute atomic E-state index is 11.4. The minimum Gasteiger partial charge on any atom is -0.294 e. The Labute approximate surface area is 111 Å². The first-order valence-corrected chi connectivity index (χ1v) is 6.64. The van der Waals surface area contributed by atoms with Crippen LogP contribution in [0.3, 0.4) is 0 Å². The summed E-state index contributed by atoms with van der Waals surface area (Å²) in [5.41, 5.74) is -0.0347. The molecule has 2 aromatic rings. The quantitative estimate of drug-likeness (QED) is 0.487. The molecule has 0 unspecified atom stereocenters. The topological polar surface area (TPSA) is 73.1 Å². The van der Waals surface area contributed by atoms with Crippen LogP contribution in [-0.4, -0.2) is 15.7 Å². The molecule has 0 N–H and O–H groups in total. The van der Waals surface area contributed by atoms with Crippen molar-refractivity contribution in [3.63, 3.8) is 0 Å². The molecule has 2 rings (SSSR count). The summed E-state index contributed by atoms with van der Waals surface area (Å²) in [6.45, 7) is 1.32. The van der Waals surface area contributed by atoms with E-state index in [1.54, 1.807) is 12.3 Å². The fourth-order valence-corrected chi connectivity index (χ4v) is 3.02. The summed E-state index contributed by atoms with van der Waals surface area (Å²) in [5.74, 6) is -0.316. The molecule has 1 aromatic carbocycles. The van der Waals surface area contributed by atoms with Gasteiger partial charge in [0.05, 0.1) is 10.5 Å². The molecular formula is C11H8N2O3S2. The number of aromatic nitrogens is 1. The first-order valence-electron chi connectivity index (χ1n) is 4.94. The van der Waals surface area contributed by atoms with E-state index in [1.165, 1.54) is 42.2 Å². The van der Waals surface area contributed by atoms with E-state index in [0.29, 0.717) is 0 Å². The fraction of sp³-hybridized carbons (Fsp3) is 0.0909. The van der Waals surface area contributed by atoms with Crippen LogP contribution in [0, 0.1) is 10.1 Å². The van der Waals surface area contributed by atoms with Gasteiger partial charge in [0, 0.05) is 22.5 Å². The standard InChI is InChI=1S/C11H8N2O3S2/c1-7(14)9-6-8(2-3-10(9)13(15)16)18-11-12-4-5-17-11/h2-6H,1H3. The Balaban J connectivity index is 2.37. The molecule has 92 valence electrons. The van der Waals surface area contributed by atoms with Gasteiger partial charge >= 0.3 is 0 Å². The Kier molecular flexibility index (Phi) is 3.73. The number of nitro benzene ring substituents is 1. The van der Waals surface area contributed by atoms with Crippen molar-refractivity contribution < 1.29 is 9.72 Å². The summed E-state index contributed by atoms with van der Waals surface area (Å²) >= 11 is 2.85. The number of hydrogen-bond acceptors (Lipinski definition) is 6. The van der Waals surface area contributed by atoms with Gasteiger partial charge < -0.3 is 0 Å². The van der Waals surface area contributed by atoms with E-state index in [2.05, 4.69) is 4.98 Å². The Bertz CT molecular complexity index is 596. The van der Waals surface area contributed by atoms with Gasteiger partial charge in [-0.25, -0.2) is 4.98 Å². The van der Waals surface area contributed by atoms with Gasteiger partial charge in [-0.3, -0.25) is 14.9 Å². The summed E-state index contributed by atoms with van der Waals surface area (Å²) in [6.07, 6.45) is 1.68. The fourth-order valence-electron chi connectivity index (χ4n) is 1.38. The average molecular weight is 280 g/mol. The van der Waals surface area contributed by atoms with Crippen molar-refractivity contribution in [2.75, 3.05) is 0 Å². The molecule has 0 amide bonds. The predicted molar refractivity (Wildman–Crippen MR) is 69.3 cm³/mol. The SMILES string of the molecule is CC(=O)c1cc(Sc2nccs2)ccc1[N+](=O)[O-]. The second-order valence-electron chi connectivity index (χ2n) is 3.39. The minimum absolute atomic E-state index is 0.126. The molecule has 0 fully saturated rings. The van der Waals surface area contributed by atoms with Crippen LogP contribution in [0.2, 0.25) is 0 Å². The van der Waals surface area contributed by atoms with E-state index in [4.69, 9.17) is 0 Å². The smallest absolute Gasteiger partial charge is 0.280 e. The molecule has 18 heavy (non-hydrogen) atoms. The van der Waals surface area contributed by atoms with E-state index < -0.39 is 4.92 Å². The van der Waals surface area contributed by atoms with Crippen LogP contribution in [0.5, 0.6) is 0 Å². The van der Waals surface area contributed by atoms with Crippen molar-refractivity contribution in [1.82, 2.24) is 4.98 Å². The third-order valence-electron chi connectivity index (χ3n) is 2.16. The predicted octanol–water partition coefficient (Wildman–Crippen LogP) is 3.41. The number of Topliss-reactive ketones (excluding diaryl/α,β-unsaturated/α-hetero) is 1. The maximum Gasteiger partial charge on any atom is 0.280 e. The lowest BCUT2D eigenvalue weighted by Gasteiger charge is -2.02. The van der Waals surface area contributed by atoms with E-state index in [-0.39, 0.29) is 17.0 Å². The van der Waals surface area contributed by atoms with Gasteiger partial charge in [-0.05, 0) is 19.1 Å². The second kappa shape index (κ2) is 5.28. The van der Waals surface area contributed by atoms with Crippen LogP contribution in [0.1, 0.15) is 17.3 Å². The summed E-state index contributed by atoms with van der Waals surface area (Å²) in [7, 11) is 0. The minimum atomic E-state index is -0.547. The normalized spacial score (nSPS) is 10.3. The Morgan fingerprint density at radius 2 is 2.28 bits per heavy atom. The highest BCUT2D eigenvalue weighted by molar-refractivity contribution is 8.01. The van der Waals surface area contributed by atoms with Crippen LogP contribution in [0.15, 0.2) is 39.0 Å². The molecule has 7 heteroatoms. The number of carbonyl (C=O) groups is 1.